The summed E-state index contributed by atoms with van der Waals surface area (Å²) in [5, 5.41) is 0. The Bertz CT molecular complexity index is 344. The molecule has 0 saturated carbocycles. The Kier molecular flexibility index (Phi) is 6.72. The second kappa shape index (κ2) is 8.08. The van der Waals surface area contributed by atoms with Crippen LogP contribution < -0.4 is 10.5 Å². The van der Waals surface area contributed by atoms with Gasteiger partial charge in [0.25, 0.3) is 0 Å². The molecule has 1 aromatic rings. The van der Waals surface area contributed by atoms with Gasteiger partial charge in [-0.3, -0.25) is 0 Å². The van der Waals surface area contributed by atoms with Crippen LogP contribution in [0.4, 0.5) is 0 Å². The average molecular weight is 253 g/mol. The van der Waals surface area contributed by atoms with Crippen LogP contribution >= 0.6 is 0 Å². The van der Waals surface area contributed by atoms with E-state index in [1.807, 2.05) is 38.1 Å². The summed E-state index contributed by atoms with van der Waals surface area (Å²) in [6.45, 7) is 5.57. The Balaban J connectivity index is 2.57. The van der Waals surface area contributed by atoms with Crippen molar-refractivity contribution in [2.24, 2.45) is 5.73 Å². The average Bonchev–Trinajstić information content (AvgIpc) is 2.37. The van der Waals surface area contributed by atoms with E-state index in [2.05, 4.69) is 0 Å². The molecule has 0 bridgehead atoms. The summed E-state index contributed by atoms with van der Waals surface area (Å²) >= 11 is 0. The monoisotopic (exact) mass is 253 g/mol. The molecule has 0 saturated heterocycles. The number of ether oxygens (including phenoxy) is 3. The van der Waals surface area contributed by atoms with Gasteiger partial charge in [0.15, 0.2) is 0 Å². The first-order valence-corrected chi connectivity index (χ1v) is 6.26. The van der Waals surface area contributed by atoms with Crippen molar-refractivity contribution < 1.29 is 14.2 Å². The summed E-state index contributed by atoms with van der Waals surface area (Å²) < 4.78 is 16.2. The van der Waals surface area contributed by atoms with Crippen LogP contribution in [0.15, 0.2) is 24.3 Å². The SMILES string of the molecule is CCOc1ccccc1C(N)COC(C)COC. The molecule has 0 aliphatic rings. The summed E-state index contributed by atoms with van der Waals surface area (Å²) in [4.78, 5) is 0. The fourth-order valence-electron chi connectivity index (χ4n) is 1.71. The molecule has 0 fully saturated rings. The number of hydrogen-bond acceptors (Lipinski definition) is 4. The van der Waals surface area contributed by atoms with Crippen LogP contribution in [0, 0.1) is 0 Å². The minimum atomic E-state index is -0.188. The van der Waals surface area contributed by atoms with E-state index in [1.54, 1.807) is 7.11 Å². The Morgan fingerprint density at radius 1 is 1.22 bits per heavy atom. The lowest BCUT2D eigenvalue weighted by molar-refractivity contribution is 0.00307. The Morgan fingerprint density at radius 3 is 2.61 bits per heavy atom. The van der Waals surface area contributed by atoms with Gasteiger partial charge in [-0.25, -0.2) is 0 Å². The van der Waals surface area contributed by atoms with Crippen LogP contribution in [0.1, 0.15) is 25.5 Å². The van der Waals surface area contributed by atoms with E-state index in [0.29, 0.717) is 19.8 Å². The first-order chi connectivity index (χ1) is 8.69. The van der Waals surface area contributed by atoms with Gasteiger partial charge >= 0.3 is 0 Å². The molecule has 0 aromatic heterocycles. The predicted molar refractivity (Wildman–Crippen MR) is 71.8 cm³/mol. The molecule has 18 heavy (non-hydrogen) atoms. The van der Waals surface area contributed by atoms with Gasteiger partial charge in [0.05, 0.1) is 32.0 Å². The van der Waals surface area contributed by atoms with Crippen molar-refractivity contribution in [3.8, 4) is 5.75 Å². The lowest BCUT2D eigenvalue weighted by atomic mass is 10.1. The standard InChI is InChI=1S/C14H23NO3/c1-4-17-14-8-6-5-7-12(14)13(15)10-18-11(2)9-16-3/h5-8,11,13H,4,9-10,15H2,1-3H3. The molecule has 4 heteroatoms. The van der Waals surface area contributed by atoms with Crippen molar-refractivity contribution in [1.29, 1.82) is 0 Å². The maximum atomic E-state index is 6.12. The first kappa shape index (κ1) is 15.0. The van der Waals surface area contributed by atoms with Gasteiger partial charge < -0.3 is 19.9 Å². The van der Waals surface area contributed by atoms with Crippen LogP contribution in [0.3, 0.4) is 0 Å². The molecule has 2 unspecified atom stereocenters. The van der Waals surface area contributed by atoms with E-state index >= 15 is 0 Å². The van der Waals surface area contributed by atoms with E-state index < -0.39 is 0 Å². The van der Waals surface area contributed by atoms with E-state index in [9.17, 15) is 0 Å². The van der Waals surface area contributed by atoms with Crippen LogP contribution in [0.25, 0.3) is 0 Å². The highest BCUT2D eigenvalue weighted by Gasteiger charge is 2.13. The van der Waals surface area contributed by atoms with Crippen molar-refractivity contribution in [2.45, 2.75) is 26.0 Å². The molecule has 1 rings (SSSR count). The largest absolute Gasteiger partial charge is 0.494 e. The van der Waals surface area contributed by atoms with Gasteiger partial charge in [-0.05, 0) is 19.9 Å². The third-order valence-corrected chi connectivity index (χ3v) is 2.58. The highest BCUT2D eigenvalue weighted by molar-refractivity contribution is 5.35. The van der Waals surface area contributed by atoms with Gasteiger partial charge in [0.1, 0.15) is 5.75 Å². The highest BCUT2D eigenvalue weighted by Crippen LogP contribution is 2.24. The van der Waals surface area contributed by atoms with Crippen molar-refractivity contribution in [3.05, 3.63) is 29.8 Å². The molecule has 0 heterocycles. The molecule has 1 aromatic carbocycles. The van der Waals surface area contributed by atoms with Crippen molar-refractivity contribution in [3.63, 3.8) is 0 Å². The van der Waals surface area contributed by atoms with Gasteiger partial charge in [-0.1, -0.05) is 18.2 Å². The van der Waals surface area contributed by atoms with Gasteiger partial charge in [0, 0.05) is 12.7 Å². The van der Waals surface area contributed by atoms with Crippen LogP contribution in [-0.4, -0.2) is 33.0 Å². The molecule has 0 spiro atoms. The Hall–Kier alpha value is -1.10. The fraction of sp³-hybridized carbons (Fsp3) is 0.571. The van der Waals surface area contributed by atoms with E-state index in [1.165, 1.54) is 0 Å². The third-order valence-electron chi connectivity index (χ3n) is 2.58. The predicted octanol–water partition coefficient (Wildman–Crippen LogP) is 2.14. The number of para-hydroxylation sites is 1. The smallest absolute Gasteiger partial charge is 0.124 e. The summed E-state index contributed by atoms with van der Waals surface area (Å²) in [6, 6.07) is 7.61. The van der Waals surface area contributed by atoms with Crippen LogP contribution in [0.2, 0.25) is 0 Å². The zero-order chi connectivity index (χ0) is 13.4. The lowest BCUT2D eigenvalue weighted by Gasteiger charge is -2.19. The first-order valence-electron chi connectivity index (χ1n) is 6.26. The normalized spacial score (nSPS) is 14.2. The van der Waals surface area contributed by atoms with Crippen molar-refractivity contribution in [2.75, 3.05) is 26.9 Å². The Morgan fingerprint density at radius 2 is 1.94 bits per heavy atom. The third kappa shape index (κ3) is 4.64. The van der Waals surface area contributed by atoms with Crippen molar-refractivity contribution in [1.82, 2.24) is 0 Å². The van der Waals surface area contributed by atoms with Crippen molar-refractivity contribution >= 4 is 0 Å². The highest BCUT2D eigenvalue weighted by atomic mass is 16.5. The van der Waals surface area contributed by atoms with E-state index in [-0.39, 0.29) is 12.1 Å². The maximum Gasteiger partial charge on any atom is 0.124 e. The zero-order valence-electron chi connectivity index (χ0n) is 11.4. The molecular formula is C14H23NO3. The number of methoxy groups -OCH3 is 1. The number of benzene rings is 1. The molecule has 2 N–H and O–H groups in total. The molecule has 0 amide bonds. The fourth-order valence-corrected chi connectivity index (χ4v) is 1.71. The van der Waals surface area contributed by atoms with E-state index in [0.717, 1.165) is 11.3 Å². The van der Waals surface area contributed by atoms with Gasteiger partial charge in [0.2, 0.25) is 0 Å². The second-order valence-electron chi connectivity index (χ2n) is 4.18. The van der Waals surface area contributed by atoms with Gasteiger partial charge in [-0.2, -0.15) is 0 Å². The molecule has 4 nitrogen and oxygen atoms in total. The van der Waals surface area contributed by atoms with Crippen LogP contribution in [0.5, 0.6) is 5.75 Å². The molecular weight excluding hydrogens is 230 g/mol. The summed E-state index contributed by atoms with van der Waals surface area (Å²) in [7, 11) is 1.66. The van der Waals surface area contributed by atoms with Gasteiger partial charge in [-0.15, -0.1) is 0 Å². The molecule has 0 aliphatic carbocycles. The molecule has 0 aliphatic heterocycles. The minimum absolute atomic E-state index is 0.0419. The zero-order valence-corrected chi connectivity index (χ0v) is 11.4. The Labute approximate surface area is 109 Å². The second-order valence-corrected chi connectivity index (χ2v) is 4.18. The quantitative estimate of drug-likeness (QED) is 0.771. The summed E-state index contributed by atoms with van der Waals surface area (Å²) in [5.74, 6) is 0.829. The van der Waals surface area contributed by atoms with E-state index in [4.69, 9.17) is 19.9 Å². The lowest BCUT2D eigenvalue weighted by Crippen LogP contribution is -2.23. The summed E-state index contributed by atoms with van der Waals surface area (Å²) in [5.41, 5.74) is 7.10. The molecule has 0 radical (unpaired) electrons. The van der Waals surface area contributed by atoms with Crippen LogP contribution in [-0.2, 0) is 9.47 Å². The number of hydrogen-bond donors (Lipinski definition) is 1. The molecule has 102 valence electrons. The maximum absolute atomic E-state index is 6.12. The number of nitrogens with two attached hydrogens (primary N) is 1. The minimum Gasteiger partial charge on any atom is -0.494 e. The number of rotatable bonds is 8. The topological polar surface area (TPSA) is 53.7 Å². The molecule has 2 atom stereocenters. The summed E-state index contributed by atoms with van der Waals surface area (Å²) in [6.07, 6.45) is 0.0419.